The Balaban J connectivity index is 1.69. The van der Waals surface area contributed by atoms with E-state index in [4.69, 9.17) is 9.47 Å². The zero-order valence-corrected chi connectivity index (χ0v) is 26.7. The summed E-state index contributed by atoms with van der Waals surface area (Å²) in [6, 6.07) is 29.8. The van der Waals surface area contributed by atoms with Crippen molar-refractivity contribution in [3.63, 3.8) is 0 Å². The maximum atomic E-state index is 14.2. The van der Waals surface area contributed by atoms with Crippen LogP contribution in [0.25, 0.3) is 0 Å². The van der Waals surface area contributed by atoms with Gasteiger partial charge in [0.2, 0.25) is 11.8 Å². The van der Waals surface area contributed by atoms with E-state index in [0.717, 1.165) is 16.3 Å². The second-order valence-electron chi connectivity index (χ2n) is 10.6. The van der Waals surface area contributed by atoms with Crippen molar-refractivity contribution >= 4 is 27.5 Å². The quantitative estimate of drug-likeness (QED) is 0.183. The zero-order chi connectivity index (χ0) is 32.4. The summed E-state index contributed by atoms with van der Waals surface area (Å²) in [7, 11) is -2.63. The van der Waals surface area contributed by atoms with Crippen molar-refractivity contribution in [1.82, 2.24) is 10.2 Å². The molecule has 1 N–H and O–H groups in total. The number of benzene rings is 4. The first-order valence-corrected chi connectivity index (χ1v) is 16.2. The van der Waals surface area contributed by atoms with Gasteiger partial charge in [0, 0.05) is 12.6 Å². The first kappa shape index (κ1) is 33.1. The number of anilines is 1. The van der Waals surface area contributed by atoms with Gasteiger partial charge in [-0.25, -0.2) is 8.42 Å². The summed E-state index contributed by atoms with van der Waals surface area (Å²) < 4.78 is 40.4. The Hall–Kier alpha value is -4.83. The van der Waals surface area contributed by atoms with E-state index in [-0.39, 0.29) is 29.1 Å². The molecule has 2 atom stereocenters. The summed E-state index contributed by atoms with van der Waals surface area (Å²) >= 11 is 0. The summed E-state index contributed by atoms with van der Waals surface area (Å²) in [5.74, 6) is 0.854. The van der Waals surface area contributed by atoms with Crippen molar-refractivity contribution in [2.24, 2.45) is 0 Å². The lowest BCUT2D eigenvalue weighted by Gasteiger charge is -2.32. The molecule has 4 aromatic carbocycles. The Kier molecular flexibility index (Phi) is 11.2. The first-order chi connectivity index (χ1) is 21.6. The summed E-state index contributed by atoms with van der Waals surface area (Å²) in [4.78, 5) is 28.8. The first-order valence-electron chi connectivity index (χ1n) is 14.8. The van der Waals surface area contributed by atoms with Crippen LogP contribution in [0.15, 0.2) is 114 Å². The number of hydrogen-bond donors (Lipinski definition) is 1. The van der Waals surface area contributed by atoms with Crippen LogP contribution in [0.5, 0.6) is 17.2 Å². The van der Waals surface area contributed by atoms with E-state index in [2.05, 4.69) is 5.32 Å². The fraction of sp³-hybridized carbons (Fsp3) is 0.257. The van der Waals surface area contributed by atoms with Gasteiger partial charge in [-0.15, -0.1) is 0 Å². The summed E-state index contributed by atoms with van der Waals surface area (Å²) in [5.41, 5.74) is 0.997. The molecular weight excluding hydrogens is 590 g/mol. The monoisotopic (exact) mass is 629 g/mol. The second kappa shape index (κ2) is 15.3. The van der Waals surface area contributed by atoms with Crippen molar-refractivity contribution in [2.75, 3.05) is 18.0 Å². The molecule has 0 aliphatic rings. The lowest BCUT2D eigenvalue weighted by Crippen LogP contribution is -2.52. The van der Waals surface area contributed by atoms with Gasteiger partial charge < -0.3 is 19.7 Å². The highest BCUT2D eigenvalue weighted by molar-refractivity contribution is 7.92. The molecule has 10 heteroatoms. The Labute approximate surface area is 265 Å². The average molecular weight is 630 g/mol. The van der Waals surface area contributed by atoms with E-state index in [9.17, 15) is 18.0 Å². The van der Waals surface area contributed by atoms with E-state index < -0.39 is 28.5 Å². The highest BCUT2D eigenvalue weighted by atomic mass is 32.2. The molecule has 9 nitrogen and oxygen atoms in total. The van der Waals surface area contributed by atoms with Gasteiger partial charge >= 0.3 is 0 Å². The van der Waals surface area contributed by atoms with E-state index in [1.54, 1.807) is 74.7 Å². The van der Waals surface area contributed by atoms with Crippen LogP contribution in [0.4, 0.5) is 5.69 Å². The third-order valence-corrected chi connectivity index (χ3v) is 9.16. The van der Waals surface area contributed by atoms with Crippen LogP contribution in [-0.4, -0.2) is 50.9 Å². The molecule has 0 unspecified atom stereocenters. The molecule has 4 aromatic rings. The van der Waals surface area contributed by atoms with Crippen LogP contribution in [0.3, 0.4) is 0 Å². The number of amides is 2. The van der Waals surface area contributed by atoms with Crippen LogP contribution in [0.2, 0.25) is 0 Å². The number of nitrogens with zero attached hydrogens (tertiary/aromatic N) is 2. The normalized spacial score (nSPS) is 12.4. The third kappa shape index (κ3) is 8.63. The van der Waals surface area contributed by atoms with Crippen LogP contribution in [0.1, 0.15) is 32.8 Å². The number of ether oxygens (including phenoxy) is 2. The van der Waals surface area contributed by atoms with E-state index in [1.165, 1.54) is 17.0 Å². The molecular formula is C35H39N3O6S. The largest absolute Gasteiger partial charge is 0.497 e. The standard InChI is InChI=1S/C35H39N3O6S/c1-5-26(2)36-35(40)27(3)37(24-28-13-12-16-32(23-28)43-4)34(39)25-38(45(41,42)33-17-10-7-11-18-33)29-19-21-31(22-20-29)44-30-14-8-6-9-15-30/h6-23,26-27H,5,24-25H2,1-4H3,(H,36,40)/t26-,27-/m1/s1. The molecule has 236 valence electrons. The lowest BCUT2D eigenvalue weighted by atomic mass is 10.1. The van der Waals surface area contributed by atoms with Gasteiger partial charge in [0.1, 0.15) is 29.8 Å². The number of para-hydroxylation sites is 1. The molecule has 0 aliphatic heterocycles. The molecule has 0 spiro atoms. The number of hydrogen-bond acceptors (Lipinski definition) is 6. The summed E-state index contributed by atoms with van der Waals surface area (Å²) in [6.07, 6.45) is 0.718. The molecule has 4 rings (SSSR count). The van der Waals surface area contributed by atoms with Crippen LogP contribution >= 0.6 is 0 Å². The van der Waals surface area contributed by atoms with E-state index in [1.807, 2.05) is 50.2 Å². The molecule has 0 saturated carbocycles. The van der Waals surface area contributed by atoms with Gasteiger partial charge in [-0.1, -0.05) is 55.5 Å². The fourth-order valence-electron chi connectivity index (χ4n) is 4.57. The fourth-order valence-corrected chi connectivity index (χ4v) is 6.00. The maximum absolute atomic E-state index is 14.2. The smallest absolute Gasteiger partial charge is 0.264 e. The van der Waals surface area contributed by atoms with Crippen molar-refractivity contribution in [1.29, 1.82) is 0 Å². The topological polar surface area (TPSA) is 105 Å². The number of carbonyl (C=O) groups excluding carboxylic acids is 2. The van der Waals surface area contributed by atoms with Crippen LogP contribution < -0.4 is 19.1 Å². The summed E-state index contributed by atoms with van der Waals surface area (Å²) in [5, 5.41) is 2.94. The van der Waals surface area contributed by atoms with Crippen LogP contribution in [-0.2, 0) is 26.2 Å². The minimum Gasteiger partial charge on any atom is -0.497 e. The minimum absolute atomic E-state index is 0.0318. The molecule has 45 heavy (non-hydrogen) atoms. The zero-order valence-electron chi connectivity index (χ0n) is 25.9. The van der Waals surface area contributed by atoms with Gasteiger partial charge in [0.25, 0.3) is 10.0 Å². The number of nitrogens with one attached hydrogen (secondary N) is 1. The van der Waals surface area contributed by atoms with Crippen molar-refractivity contribution in [3.8, 4) is 17.2 Å². The second-order valence-corrected chi connectivity index (χ2v) is 12.5. The van der Waals surface area contributed by atoms with E-state index in [0.29, 0.717) is 17.2 Å². The van der Waals surface area contributed by atoms with Gasteiger partial charge in [0.05, 0.1) is 17.7 Å². The van der Waals surface area contributed by atoms with Crippen molar-refractivity contribution in [2.45, 2.75) is 50.7 Å². The minimum atomic E-state index is -4.18. The lowest BCUT2D eigenvalue weighted by molar-refractivity contribution is -0.139. The highest BCUT2D eigenvalue weighted by Crippen LogP contribution is 2.28. The Morgan fingerprint density at radius 2 is 1.40 bits per heavy atom. The van der Waals surface area contributed by atoms with Gasteiger partial charge in [-0.2, -0.15) is 0 Å². The average Bonchev–Trinajstić information content (AvgIpc) is 3.07. The Morgan fingerprint density at radius 3 is 2.02 bits per heavy atom. The molecule has 0 heterocycles. The molecule has 0 aromatic heterocycles. The van der Waals surface area contributed by atoms with E-state index >= 15 is 0 Å². The Bertz CT molecular complexity index is 1660. The predicted octanol–water partition coefficient (Wildman–Crippen LogP) is 6.01. The molecule has 0 saturated heterocycles. The number of rotatable bonds is 14. The number of sulfonamides is 1. The van der Waals surface area contributed by atoms with Crippen molar-refractivity contribution in [3.05, 3.63) is 115 Å². The number of methoxy groups -OCH3 is 1. The molecule has 0 fully saturated rings. The predicted molar refractivity (Wildman–Crippen MR) is 175 cm³/mol. The van der Waals surface area contributed by atoms with Gasteiger partial charge in [-0.3, -0.25) is 13.9 Å². The van der Waals surface area contributed by atoms with Gasteiger partial charge in [0.15, 0.2) is 0 Å². The summed E-state index contributed by atoms with van der Waals surface area (Å²) in [6.45, 7) is 5.01. The molecule has 0 radical (unpaired) electrons. The Morgan fingerprint density at radius 1 is 0.800 bits per heavy atom. The number of carbonyl (C=O) groups is 2. The van der Waals surface area contributed by atoms with Gasteiger partial charge in [-0.05, 0) is 86.5 Å². The SMILES string of the molecule is CC[C@@H](C)NC(=O)[C@@H](C)N(Cc1cccc(OC)c1)C(=O)CN(c1ccc(Oc2ccccc2)cc1)S(=O)(=O)c1ccccc1. The molecule has 2 amide bonds. The molecule has 0 aliphatic carbocycles. The highest BCUT2D eigenvalue weighted by Gasteiger charge is 2.32. The maximum Gasteiger partial charge on any atom is 0.264 e. The van der Waals surface area contributed by atoms with Crippen LogP contribution in [0, 0.1) is 0 Å². The third-order valence-electron chi connectivity index (χ3n) is 7.37. The van der Waals surface area contributed by atoms with Crippen molar-refractivity contribution < 1.29 is 27.5 Å². The molecule has 0 bridgehead atoms.